The van der Waals surface area contributed by atoms with Crippen molar-refractivity contribution < 1.29 is 28.6 Å². The number of nitrogens with zero attached hydrogens (tertiary/aromatic N) is 2. The van der Waals surface area contributed by atoms with Gasteiger partial charge in [-0.2, -0.15) is 0 Å². The number of amides is 1. The molecule has 0 fully saturated rings. The number of aryl methyl sites for hydroxylation is 3. The molecule has 0 aliphatic carbocycles. The van der Waals surface area contributed by atoms with Gasteiger partial charge in [-0.3, -0.25) is 4.79 Å². The van der Waals surface area contributed by atoms with Gasteiger partial charge in [-0.15, -0.1) is 0 Å². The van der Waals surface area contributed by atoms with E-state index in [2.05, 4.69) is 0 Å². The highest BCUT2D eigenvalue weighted by atomic mass is 35.5. The number of fused-ring (bicyclic) bond motifs is 1. The largest absolute Gasteiger partial charge is 0.478 e. The third-order valence-corrected chi connectivity index (χ3v) is 6.81. The van der Waals surface area contributed by atoms with Crippen molar-refractivity contribution in [2.75, 3.05) is 7.05 Å². The van der Waals surface area contributed by atoms with Crippen LogP contribution in [0.5, 0.6) is 17.2 Å². The molecule has 1 amide bonds. The molecule has 0 aliphatic rings. The molecule has 1 aromatic heterocycles. The van der Waals surface area contributed by atoms with Gasteiger partial charge in [0.1, 0.15) is 28.8 Å². The van der Waals surface area contributed by atoms with Crippen LogP contribution in [-0.2, 0) is 18.4 Å². The highest BCUT2D eigenvalue weighted by Gasteiger charge is 2.30. The van der Waals surface area contributed by atoms with Crippen LogP contribution < -0.4 is 9.47 Å². The summed E-state index contributed by atoms with van der Waals surface area (Å²) >= 11 is 6.16. The number of halogens is 2. The van der Waals surface area contributed by atoms with Gasteiger partial charge >= 0.3 is 5.97 Å². The fourth-order valence-electron chi connectivity index (χ4n) is 4.46. The second-order valence-corrected chi connectivity index (χ2v) is 10.5. The number of carboxylic acids is 1. The van der Waals surface area contributed by atoms with Gasteiger partial charge in [-0.05, 0) is 92.9 Å². The zero-order valence-electron chi connectivity index (χ0n) is 22.6. The monoisotopic (exact) mass is 552 g/mol. The number of carbonyl (C=O) groups is 2. The molecule has 0 spiro atoms. The molecule has 1 N–H and O–H groups in total. The van der Waals surface area contributed by atoms with Crippen LogP contribution in [0.4, 0.5) is 4.39 Å². The Morgan fingerprint density at radius 2 is 1.77 bits per heavy atom. The fraction of sp³-hybridized carbons (Fsp3) is 0.267. The first kappa shape index (κ1) is 28.0. The van der Waals surface area contributed by atoms with Crippen LogP contribution in [-0.4, -0.2) is 39.1 Å². The molecule has 39 heavy (non-hydrogen) atoms. The third kappa shape index (κ3) is 5.86. The summed E-state index contributed by atoms with van der Waals surface area (Å²) in [5, 5.41) is 10.8. The van der Waals surface area contributed by atoms with Gasteiger partial charge in [0.15, 0.2) is 5.60 Å². The lowest BCUT2D eigenvalue weighted by Gasteiger charge is -2.23. The number of carbonyl (C=O) groups excluding carboxylic acids is 1. The summed E-state index contributed by atoms with van der Waals surface area (Å²) in [5.74, 6) is -0.694. The number of hydrogen-bond acceptors (Lipinski definition) is 4. The second-order valence-electron chi connectivity index (χ2n) is 10.1. The summed E-state index contributed by atoms with van der Waals surface area (Å²) in [7, 11) is 3.50. The Morgan fingerprint density at radius 1 is 1.05 bits per heavy atom. The van der Waals surface area contributed by atoms with Gasteiger partial charge in [0.25, 0.3) is 5.91 Å². The van der Waals surface area contributed by atoms with Crippen LogP contribution in [0.2, 0.25) is 5.02 Å². The summed E-state index contributed by atoms with van der Waals surface area (Å²) in [4.78, 5) is 26.3. The molecule has 0 bridgehead atoms. The van der Waals surface area contributed by atoms with E-state index in [1.807, 2.05) is 30.7 Å². The lowest BCUT2D eigenvalue weighted by molar-refractivity contribution is -0.152. The first-order chi connectivity index (χ1) is 18.3. The van der Waals surface area contributed by atoms with Gasteiger partial charge in [-0.1, -0.05) is 11.6 Å². The van der Waals surface area contributed by atoms with Crippen molar-refractivity contribution in [3.8, 4) is 17.2 Å². The Balaban J connectivity index is 1.53. The number of aromatic nitrogens is 1. The Bertz CT molecular complexity index is 1590. The van der Waals surface area contributed by atoms with Gasteiger partial charge in [0.05, 0.1) is 0 Å². The molecule has 3 aromatic carbocycles. The lowest BCUT2D eigenvalue weighted by Crippen LogP contribution is -2.38. The van der Waals surface area contributed by atoms with Crippen molar-refractivity contribution in [2.45, 2.75) is 39.8 Å². The first-order valence-corrected chi connectivity index (χ1v) is 12.6. The Kier molecular flexibility index (Phi) is 7.61. The molecule has 0 unspecified atom stereocenters. The minimum atomic E-state index is -1.40. The van der Waals surface area contributed by atoms with Crippen molar-refractivity contribution in [1.29, 1.82) is 0 Å². The first-order valence-electron chi connectivity index (χ1n) is 12.3. The highest BCUT2D eigenvalue weighted by Crippen LogP contribution is 2.31. The topological polar surface area (TPSA) is 81.0 Å². The molecular weight excluding hydrogens is 523 g/mol. The third-order valence-electron chi connectivity index (χ3n) is 6.58. The maximum absolute atomic E-state index is 14.5. The molecule has 4 rings (SSSR count). The summed E-state index contributed by atoms with van der Waals surface area (Å²) < 4.78 is 27.9. The Labute approximate surface area is 231 Å². The average Bonchev–Trinajstić information content (AvgIpc) is 3.08. The number of ether oxygens (including phenoxy) is 2. The van der Waals surface area contributed by atoms with E-state index in [0.29, 0.717) is 33.3 Å². The summed E-state index contributed by atoms with van der Waals surface area (Å²) in [5.41, 5.74) is 2.08. The van der Waals surface area contributed by atoms with E-state index >= 15 is 0 Å². The van der Waals surface area contributed by atoms with E-state index in [9.17, 15) is 19.1 Å². The van der Waals surface area contributed by atoms with Gasteiger partial charge in [-0.25, -0.2) is 9.18 Å². The zero-order chi connectivity index (χ0) is 28.6. The molecule has 4 aromatic rings. The molecule has 0 radical (unpaired) electrons. The van der Waals surface area contributed by atoms with Crippen LogP contribution in [0.15, 0.2) is 54.6 Å². The number of hydrogen-bond donors (Lipinski definition) is 1. The minimum Gasteiger partial charge on any atom is -0.478 e. The van der Waals surface area contributed by atoms with E-state index in [0.717, 1.165) is 16.5 Å². The smallest absolute Gasteiger partial charge is 0.347 e. The van der Waals surface area contributed by atoms with Crippen molar-refractivity contribution in [3.63, 3.8) is 0 Å². The summed E-state index contributed by atoms with van der Waals surface area (Å²) in [6, 6.07) is 14.7. The molecule has 204 valence electrons. The van der Waals surface area contributed by atoms with Gasteiger partial charge in [0.2, 0.25) is 0 Å². The molecule has 0 atom stereocenters. The van der Waals surface area contributed by atoms with Crippen LogP contribution in [0.1, 0.15) is 41.0 Å². The highest BCUT2D eigenvalue weighted by molar-refractivity contribution is 6.31. The minimum absolute atomic E-state index is 0.157. The van der Waals surface area contributed by atoms with Crippen LogP contribution in [0.25, 0.3) is 10.9 Å². The summed E-state index contributed by atoms with van der Waals surface area (Å²) in [6.07, 6.45) is 0. The molecule has 7 nitrogen and oxygen atoms in total. The van der Waals surface area contributed by atoms with E-state index in [1.165, 1.54) is 30.9 Å². The average molecular weight is 553 g/mol. The number of benzene rings is 3. The molecule has 0 aliphatic heterocycles. The number of rotatable bonds is 8. The molecule has 0 saturated heterocycles. The molecule has 9 heteroatoms. The standard InChI is InChI=1S/C30H30ClFN2O5/c1-17-11-22(8-10-26(17)39-30(3,4)29(36)37)38-23-13-19(12-21(32)15-23)16-33(5)28(35)27-18(2)24-14-20(31)7-9-25(24)34(27)6/h7-15H,16H2,1-6H3,(H,36,37). The quantitative estimate of drug-likeness (QED) is 0.257. The Morgan fingerprint density at radius 3 is 2.44 bits per heavy atom. The molecule has 0 saturated carbocycles. The van der Waals surface area contributed by atoms with Gasteiger partial charge in [0, 0.05) is 42.6 Å². The number of carboxylic acid groups (broad SMARTS) is 1. The van der Waals surface area contributed by atoms with Crippen LogP contribution in [0.3, 0.4) is 0 Å². The van der Waals surface area contributed by atoms with Crippen LogP contribution >= 0.6 is 11.6 Å². The normalized spacial score (nSPS) is 11.5. The van der Waals surface area contributed by atoms with Crippen molar-refractivity contribution >= 4 is 34.4 Å². The predicted octanol–water partition coefficient (Wildman–Crippen LogP) is 6.89. The van der Waals surface area contributed by atoms with E-state index in [-0.39, 0.29) is 18.2 Å². The maximum atomic E-state index is 14.5. The molecule has 1 heterocycles. The van der Waals surface area contributed by atoms with Gasteiger partial charge < -0.3 is 24.0 Å². The van der Waals surface area contributed by atoms with E-state index < -0.39 is 17.4 Å². The lowest BCUT2D eigenvalue weighted by atomic mass is 10.1. The Hall–Kier alpha value is -4.04. The van der Waals surface area contributed by atoms with E-state index in [4.69, 9.17) is 21.1 Å². The van der Waals surface area contributed by atoms with Crippen molar-refractivity contribution in [1.82, 2.24) is 9.47 Å². The SMILES string of the molecule is Cc1cc(Oc2cc(F)cc(CN(C)C(=O)c3c(C)c4cc(Cl)ccc4n3C)c2)ccc1OC(C)(C)C(=O)O. The van der Waals surface area contributed by atoms with E-state index in [1.54, 1.807) is 44.3 Å². The molecular formula is C30H30ClFN2O5. The predicted molar refractivity (Wildman–Crippen MR) is 148 cm³/mol. The maximum Gasteiger partial charge on any atom is 0.347 e. The second kappa shape index (κ2) is 10.6. The fourth-order valence-corrected chi connectivity index (χ4v) is 4.63. The number of aliphatic carboxylic acids is 1. The zero-order valence-corrected chi connectivity index (χ0v) is 23.4. The van der Waals surface area contributed by atoms with Crippen molar-refractivity contribution in [3.05, 3.63) is 87.8 Å². The van der Waals surface area contributed by atoms with Crippen LogP contribution in [0, 0.1) is 19.7 Å². The summed E-state index contributed by atoms with van der Waals surface area (Å²) in [6.45, 7) is 6.73. The van der Waals surface area contributed by atoms with Crippen molar-refractivity contribution in [2.24, 2.45) is 7.05 Å².